The molecular weight excluding hydrogens is 428 g/mol. The molecule has 1 fully saturated rings. The standard InChI is InChI=1S/C25H21ClN2O4/c1-14-7-8-16(12-15(14)2)28-22(20-6-4-5-11-27-20)21(24(30)25(28)31)23(29)18-13-17(32-3)9-10-19(18)26/h4-13,22,29H,1-3H3/b23-21+. The van der Waals surface area contributed by atoms with E-state index in [1.807, 2.05) is 26.0 Å². The molecule has 162 valence electrons. The largest absolute Gasteiger partial charge is 0.507 e. The summed E-state index contributed by atoms with van der Waals surface area (Å²) in [7, 11) is 1.49. The number of carbonyl (C=O) groups is 2. The monoisotopic (exact) mass is 448 g/mol. The van der Waals surface area contributed by atoms with Crippen molar-refractivity contribution in [3.63, 3.8) is 0 Å². The molecule has 7 heteroatoms. The fourth-order valence-electron chi connectivity index (χ4n) is 3.75. The van der Waals surface area contributed by atoms with Crippen LogP contribution < -0.4 is 9.64 Å². The lowest BCUT2D eigenvalue weighted by atomic mass is 9.97. The number of aromatic nitrogens is 1. The Hall–Kier alpha value is -3.64. The first-order valence-corrected chi connectivity index (χ1v) is 10.3. The second kappa shape index (κ2) is 8.48. The van der Waals surface area contributed by atoms with Gasteiger partial charge in [-0.15, -0.1) is 0 Å². The van der Waals surface area contributed by atoms with E-state index < -0.39 is 17.7 Å². The van der Waals surface area contributed by atoms with Crippen molar-refractivity contribution in [1.29, 1.82) is 0 Å². The van der Waals surface area contributed by atoms with Crippen LogP contribution in [0.15, 0.2) is 66.4 Å². The van der Waals surface area contributed by atoms with Crippen LogP contribution in [-0.2, 0) is 9.59 Å². The average molecular weight is 449 g/mol. The molecule has 6 nitrogen and oxygen atoms in total. The minimum Gasteiger partial charge on any atom is -0.507 e. The van der Waals surface area contributed by atoms with Crippen LogP contribution in [0.4, 0.5) is 5.69 Å². The summed E-state index contributed by atoms with van der Waals surface area (Å²) in [6, 6.07) is 14.5. The lowest BCUT2D eigenvalue weighted by Crippen LogP contribution is -2.29. The lowest BCUT2D eigenvalue weighted by Gasteiger charge is -2.25. The van der Waals surface area contributed by atoms with Crippen LogP contribution in [0.25, 0.3) is 5.76 Å². The topological polar surface area (TPSA) is 79.7 Å². The maximum absolute atomic E-state index is 13.2. The van der Waals surface area contributed by atoms with E-state index in [0.29, 0.717) is 17.1 Å². The molecule has 1 aromatic heterocycles. The molecule has 0 aliphatic carbocycles. The Morgan fingerprint density at radius 1 is 1.06 bits per heavy atom. The number of amides is 1. The van der Waals surface area contributed by atoms with Crippen molar-refractivity contribution >= 4 is 34.7 Å². The van der Waals surface area contributed by atoms with Crippen molar-refractivity contribution in [1.82, 2.24) is 4.98 Å². The van der Waals surface area contributed by atoms with Gasteiger partial charge in [0, 0.05) is 17.4 Å². The van der Waals surface area contributed by atoms with E-state index in [4.69, 9.17) is 16.3 Å². The molecule has 1 amide bonds. The molecule has 1 atom stereocenters. The van der Waals surface area contributed by atoms with Crippen LogP contribution in [0.2, 0.25) is 5.02 Å². The van der Waals surface area contributed by atoms with Crippen LogP contribution >= 0.6 is 11.6 Å². The molecule has 3 aromatic rings. The van der Waals surface area contributed by atoms with Gasteiger partial charge in [-0.1, -0.05) is 23.7 Å². The third-order valence-corrected chi connectivity index (χ3v) is 5.94. The van der Waals surface area contributed by atoms with E-state index in [0.717, 1.165) is 11.1 Å². The number of nitrogens with zero attached hydrogens (tertiary/aromatic N) is 2. The zero-order valence-corrected chi connectivity index (χ0v) is 18.6. The first-order valence-electron chi connectivity index (χ1n) is 9.96. The van der Waals surface area contributed by atoms with Gasteiger partial charge in [0.15, 0.2) is 0 Å². The van der Waals surface area contributed by atoms with Gasteiger partial charge in [0.25, 0.3) is 11.7 Å². The maximum atomic E-state index is 13.2. The molecule has 0 spiro atoms. The van der Waals surface area contributed by atoms with Crippen LogP contribution in [0.3, 0.4) is 0 Å². The van der Waals surface area contributed by atoms with Gasteiger partial charge in [-0.3, -0.25) is 19.5 Å². The van der Waals surface area contributed by atoms with Gasteiger partial charge >= 0.3 is 0 Å². The number of aliphatic hydroxyl groups excluding tert-OH is 1. The highest BCUT2D eigenvalue weighted by Gasteiger charge is 2.47. The van der Waals surface area contributed by atoms with Crippen LogP contribution in [0, 0.1) is 13.8 Å². The third kappa shape index (κ3) is 3.63. The Kier molecular flexibility index (Phi) is 5.72. The highest BCUT2D eigenvalue weighted by atomic mass is 35.5. The summed E-state index contributed by atoms with van der Waals surface area (Å²) in [6.07, 6.45) is 1.58. The first-order chi connectivity index (χ1) is 15.3. The molecule has 1 saturated heterocycles. The highest BCUT2D eigenvalue weighted by molar-refractivity contribution is 6.52. The van der Waals surface area contributed by atoms with Crippen LogP contribution in [0.5, 0.6) is 5.75 Å². The van der Waals surface area contributed by atoms with E-state index in [9.17, 15) is 14.7 Å². The van der Waals surface area contributed by atoms with Gasteiger partial charge in [0.1, 0.15) is 17.6 Å². The Morgan fingerprint density at radius 2 is 1.84 bits per heavy atom. The van der Waals surface area contributed by atoms with E-state index in [2.05, 4.69) is 4.98 Å². The molecule has 0 bridgehead atoms. The fourth-order valence-corrected chi connectivity index (χ4v) is 3.96. The van der Waals surface area contributed by atoms with Crippen molar-refractivity contribution in [3.8, 4) is 5.75 Å². The number of ketones is 1. The molecule has 2 aromatic carbocycles. The van der Waals surface area contributed by atoms with Crippen molar-refractivity contribution in [3.05, 3.63) is 93.8 Å². The zero-order valence-electron chi connectivity index (χ0n) is 17.8. The lowest BCUT2D eigenvalue weighted by molar-refractivity contribution is -0.132. The molecular formula is C25H21ClN2O4. The van der Waals surface area contributed by atoms with Crippen molar-refractivity contribution in [2.45, 2.75) is 19.9 Å². The zero-order chi connectivity index (χ0) is 23.0. The summed E-state index contributed by atoms with van der Waals surface area (Å²) < 4.78 is 5.23. The minimum absolute atomic E-state index is 0.0814. The normalized spacial score (nSPS) is 17.6. The molecule has 4 rings (SSSR count). The molecule has 0 saturated carbocycles. The number of ether oxygens (including phenoxy) is 1. The second-order valence-electron chi connectivity index (χ2n) is 7.54. The first kappa shape index (κ1) is 21.6. The third-order valence-electron chi connectivity index (χ3n) is 5.61. The molecule has 0 radical (unpaired) electrons. The smallest absolute Gasteiger partial charge is 0.300 e. The summed E-state index contributed by atoms with van der Waals surface area (Å²) in [4.78, 5) is 32.1. The number of hydrogen-bond acceptors (Lipinski definition) is 5. The molecule has 2 heterocycles. The van der Waals surface area contributed by atoms with Crippen molar-refractivity contribution in [2.24, 2.45) is 0 Å². The van der Waals surface area contributed by atoms with Gasteiger partial charge < -0.3 is 9.84 Å². The number of Topliss-reactive ketones (excluding diaryl/α,β-unsaturated/α-hetero) is 1. The van der Waals surface area contributed by atoms with Gasteiger partial charge in [0.05, 0.1) is 23.4 Å². The highest BCUT2D eigenvalue weighted by Crippen LogP contribution is 2.43. The number of aryl methyl sites for hydroxylation is 2. The summed E-state index contributed by atoms with van der Waals surface area (Å²) >= 11 is 6.32. The summed E-state index contributed by atoms with van der Waals surface area (Å²) in [5.74, 6) is -1.48. The number of rotatable bonds is 4. The Morgan fingerprint density at radius 3 is 2.50 bits per heavy atom. The summed E-state index contributed by atoms with van der Waals surface area (Å²) in [5.41, 5.74) is 3.14. The number of methoxy groups -OCH3 is 1. The second-order valence-corrected chi connectivity index (χ2v) is 7.95. The van der Waals surface area contributed by atoms with Gasteiger partial charge in [-0.2, -0.15) is 0 Å². The number of carbonyl (C=O) groups excluding carboxylic acids is 2. The van der Waals surface area contributed by atoms with Crippen molar-refractivity contribution < 1.29 is 19.4 Å². The number of aliphatic hydroxyl groups is 1. The van der Waals surface area contributed by atoms with E-state index >= 15 is 0 Å². The predicted octanol–water partition coefficient (Wildman–Crippen LogP) is 4.99. The molecule has 32 heavy (non-hydrogen) atoms. The number of halogens is 1. The number of benzene rings is 2. The SMILES string of the molecule is COc1ccc(Cl)c(/C(O)=C2\C(=O)C(=O)N(c3ccc(C)c(C)c3)C2c2ccccn2)c1. The molecule has 1 unspecified atom stereocenters. The number of anilines is 1. The molecule has 1 N–H and O–H groups in total. The van der Waals surface area contributed by atoms with Gasteiger partial charge in [-0.25, -0.2) is 0 Å². The minimum atomic E-state index is -0.916. The predicted molar refractivity (Wildman–Crippen MR) is 123 cm³/mol. The van der Waals surface area contributed by atoms with Gasteiger partial charge in [0.2, 0.25) is 0 Å². The fraction of sp³-hybridized carbons (Fsp3) is 0.160. The van der Waals surface area contributed by atoms with E-state index in [-0.39, 0.29) is 21.9 Å². The van der Waals surface area contributed by atoms with E-state index in [1.165, 1.54) is 18.1 Å². The summed E-state index contributed by atoms with van der Waals surface area (Å²) in [6.45, 7) is 3.90. The number of hydrogen-bond donors (Lipinski definition) is 1. The molecule has 1 aliphatic heterocycles. The van der Waals surface area contributed by atoms with Crippen LogP contribution in [-0.4, -0.2) is 28.9 Å². The van der Waals surface area contributed by atoms with E-state index in [1.54, 1.807) is 42.6 Å². The van der Waals surface area contributed by atoms with Crippen LogP contribution in [0.1, 0.15) is 28.4 Å². The van der Waals surface area contributed by atoms with Crippen molar-refractivity contribution in [2.75, 3.05) is 12.0 Å². The van der Waals surface area contributed by atoms with Gasteiger partial charge in [-0.05, 0) is 67.4 Å². The maximum Gasteiger partial charge on any atom is 0.300 e. The Labute approximate surface area is 190 Å². The number of pyridine rings is 1. The molecule has 1 aliphatic rings. The Balaban J connectivity index is 1.97. The summed E-state index contributed by atoms with van der Waals surface area (Å²) in [5, 5.41) is 11.4. The quantitative estimate of drug-likeness (QED) is 0.345. The Bertz CT molecular complexity index is 1250. The average Bonchev–Trinajstić information content (AvgIpc) is 3.07.